The summed E-state index contributed by atoms with van der Waals surface area (Å²) >= 11 is 1.88. The van der Waals surface area contributed by atoms with E-state index in [1.54, 1.807) is 0 Å². The van der Waals surface area contributed by atoms with Crippen molar-refractivity contribution in [1.29, 1.82) is 0 Å². The lowest BCUT2D eigenvalue weighted by Gasteiger charge is -2.30. The number of hydrogen-bond acceptors (Lipinski definition) is 3. The molecule has 0 amide bonds. The lowest BCUT2D eigenvalue weighted by atomic mass is 9.88. The third-order valence-electron chi connectivity index (χ3n) is 6.91. The van der Waals surface area contributed by atoms with Gasteiger partial charge >= 0.3 is 0 Å². The Labute approximate surface area is 182 Å². The van der Waals surface area contributed by atoms with E-state index in [1.165, 1.54) is 55.0 Å². The van der Waals surface area contributed by atoms with Crippen LogP contribution in [0.4, 0.5) is 5.69 Å². The van der Waals surface area contributed by atoms with Gasteiger partial charge in [-0.3, -0.25) is 0 Å². The van der Waals surface area contributed by atoms with Crippen molar-refractivity contribution in [2.45, 2.75) is 25.8 Å². The highest BCUT2D eigenvalue weighted by atomic mass is 32.1. The molecule has 1 atom stereocenters. The minimum atomic E-state index is 0.374. The van der Waals surface area contributed by atoms with Crippen LogP contribution >= 0.6 is 11.3 Å². The van der Waals surface area contributed by atoms with Crippen LogP contribution in [-0.4, -0.2) is 37.1 Å². The van der Waals surface area contributed by atoms with E-state index in [4.69, 9.17) is 0 Å². The first-order valence-electron chi connectivity index (χ1n) is 10.8. The largest absolute Gasteiger partial charge is 0.374 e. The molecule has 2 aromatic heterocycles. The molecule has 6 rings (SSSR count). The number of thiophene rings is 1. The molecular weight excluding hydrogens is 386 g/mol. The molecule has 30 heavy (non-hydrogen) atoms. The summed E-state index contributed by atoms with van der Waals surface area (Å²) < 4.78 is 0. The van der Waals surface area contributed by atoms with Gasteiger partial charge in [0.2, 0.25) is 0 Å². The Morgan fingerprint density at radius 1 is 1.07 bits per heavy atom. The quantitative estimate of drug-likeness (QED) is 0.450. The molecule has 4 aromatic rings. The van der Waals surface area contributed by atoms with E-state index in [0.717, 1.165) is 26.1 Å². The molecule has 0 saturated carbocycles. The standard InChI is InChI=1S/C26H27N3S/c1-16-4-7-23-20(12-16)22-15-28(2)14-21(25(22)27-23)19-9-11-30-26(19)18-6-5-17-8-10-29(3)24(17)13-18/h4-7,9,11-13,21,27H,8,10,14-15H2,1-3H3. The summed E-state index contributed by atoms with van der Waals surface area (Å²) in [6, 6.07) is 16.2. The van der Waals surface area contributed by atoms with E-state index in [2.05, 4.69) is 83.6 Å². The van der Waals surface area contributed by atoms with Crippen LogP contribution in [0.15, 0.2) is 47.8 Å². The number of nitrogens with one attached hydrogen (secondary N) is 1. The number of likely N-dealkylation sites (N-methyl/N-ethyl adjacent to an activating group) is 2. The minimum absolute atomic E-state index is 0.374. The maximum absolute atomic E-state index is 3.80. The predicted octanol–water partition coefficient (Wildman–Crippen LogP) is 5.77. The molecule has 2 aliphatic rings. The van der Waals surface area contributed by atoms with Crippen LogP contribution in [-0.2, 0) is 13.0 Å². The van der Waals surface area contributed by atoms with Gasteiger partial charge in [0.15, 0.2) is 0 Å². The molecule has 0 radical (unpaired) electrons. The van der Waals surface area contributed by atoms with Crippen LogP contribution in [0.3, 0.4) is 0 Å². The summed E-state index contributed by atoms with van der Waals surface area (Å²) in [5.74, 6) is 0.374. The fourth-order valence-corrected chi connectivity index (χ4v) is 6.31. The number of anilines is 1. The molecule has 4 heteroatoms. The highest BCUT2D eigenvalue weighted by molar-refractivity contribution is 7.13. The number of H-pyrrole nitrogens is 1. The number of aromatic amines is 1. The summed E-state index contributed by atoms with van der Waals surface area (Å²) in [4.78, 5) is 10.1. The number of nitrogens with zero attached hydrogens (tertiary/aromatic N) is 2. The van der Waals surface area contributed by atoms with Crippen molar-refractivity contribution in [3.05, 3.63) is 75.8 Å². The Bertz CT molecular complexity index is 1260. The lowest BCUT2D eigenvalue weighted by Crippen LogP contribution is -2.30. The van der Waals surface area contributed by atoms with Gasteiger partial charge in [-0.15, -0.1) is 11.3 Å². The zero-order valence-corrected chi connectivity index (χ0v) is 18.6. The monoisotopic (exact) mass is 413 g/mol. The highest BCUT2D eigenvalue weighted by Crippen LogP contribution is 2.43. The van der Waals surface area contributed by atoms with Crippen LogP contribution in [0, 0.1) is 6.92 Å². The molecule has 0 saturated heterocycles. The first-order chi connectivity index (χ1) is 14.6. The van der Waals surface area contributed by atoms with Gasteiger partial charge < -0.3 is 14.8 Å². The van der Waals surface area contributed by atoms with Crippen molar-refractivity contribution < 1.29 is 0 Å². The van der Waals surface area contributed by atoms with Gasteiger partial charge in [0.1, 0.15) is 0 Å². The molecule has 3 nitrogen and oxygen atoms in total. The molecule has 1 N–H and O–H groups in total. The number of benzene rings is 2. The van der Waals surface area contributed by atoms with Crippen molar-refractivity contribution in [2.75, 3.05) is 32.1 Å². The summed E-state index contributed by atoms with van der Waals surface area (Å²) in [6.45, 7) is 5.37. The van der Waals surface area contributed by atoms with Gasteiger partial charge in [-0.25, -0.2) is 0 Å². The minimum Gasteiger partial charge on any atom is -0.374 e. The Hall–Kier alpha value is -2.56. The van der Waals surface area contributed by atoms with Crippen molar-refractivity contribution in [2.24, 2.45) is 0 Å². The number of rotatable bonds is 2. The van der Waals surface area contributed by atoms with E-state index in [-0.39, 0.29) is 0 Å². The normalized spacial score (nSPS) is 18.8. The molecule has 0 aliphatic carbocycles. The van der Waals surface area contributed by atoms with E-state index >= 15 is 0 Å². The van der Waals surface area contributed by atoms with Crippen molar-refractivity contribution in [1.82, 2.24) is 9.88 Å². The Morgan fingerprint density at radius 2 is 1.97 bits per heavy atom. The van der Waals surface area contributed by atoms with E-state index in [9.17, 15) is 0 Å². The lowest BCUT2D eigenvalue weighted by molar-refractivity contribution is 0.295. The molecule has 0 bridgehead atoms. The van der Waals surface area contributed by atoms with Crippen molar-refractivity contribution in [3.63, 3.8) is 0 Å². The van der Waals surface area contributed by atoms with Crippen LogP contribution in [0.25, 0.3) is 21.3 Å². The van der Waals surface area contributed by atoms with Crippen molar-refractivity contribution >= 4 is 27.9 Å². The van der Waals surface area contributed by atoms with Gasteiger partial charge in [0, 0.05) is 59.8 Å². The van der Waals surface area contributed by atoms with E-state index < -0.39 is 0 Å². The molecule has 0 spiro atoms. The van der Waals surface area contributed by atoms with Gasteiger partial charge in [0.25, 0.3) is 0 Å². The average Bonchev–Trinajstić information content (AvgIpc) is 3.45. The summed E-state index contributed by atoms with van der Waals surface area (Å²) in [6.07, 6.45) is 1.16. The molecular formula is C26H27N3S. The van der Waals surface area contributed by atoms with Gasteiger partial charge in [-0.05, 0) is 72.3 Å². The molecule has 2 aromatic carbocycles. The second-order valence-electron chi connectivity index (χ2n) is 9.04. The summed E-state index contributed by atoms with van der Waals surface area (Å²) in [7, 11) is 4.46. The fraction of sp³-hybridized carbons (Fsp3) is 0.308. The topological polar surface area (TPSA) is 22.3 Å². The highest BCUT2D eigenvalue weighted by Gasteiger charge is 2.30. The SMILES string of the molecule is Cc1ccc2[nH]c3c(c2c1)CN(C)CC3c1ccsc1-c1ccc2c(c1)N(C)CC2. The Morgan fingerprint density at radius 3 is 2.87 bits per heavy atom. The van der Waals surface area contributed by atoms with Crippen LogP contribution in [0.1, 0.15) is 33.9 Å². The maximum Gasteiger partial charge on any atom is 0.0459 e. The molecule has 1 unspecified atom stereocenters. The third-order valence-corrected chi connectivity index (χ3v) is 7.89. The third kappa shape index (κ3) is 2.74. The number of aromatic nitrogens is 1. The van der Waals surface area contributed by atoms with Gasteiger partial charge in [-0.1, -0.05) is 23.8 Å². The zero-order valence-electron chi connectivity index (χ0n) is 17.8. The number of fused-ring (bicyclic) bond motifs is 4. The molecule has 2 aliphatic heterocycles. The maximum atomic E-state index is 3.80. The van der Waals surface area contributed by atoms with Crippen molar-refractivity contribution in [3.8, 4) is 10.4 Å². The average molecular weight is 414 g/mol. The van der Waals surface area contributed by atoms with Gasteiger partial charge in [-0.2, -0.15) is 0 Å². The van der Waals surface area contributed by atoms with Crippen LogP contribution in [0.2, 0.25) is 0 Å². The first kappa shape index (κ1) is 18.2. The Balaban J connectivity index is 1.49. The first-order valence-corrected chi connectivity index (χ1v) is 11.7. The molecule has 4 heterocycles. The van der Waals surface area contributed by atoms with E-state index in [1.807, 2.05) is 11.3 Å². The van der Waals surface area contributed by atoms with Crippen LogP contribution in [0.5, 0.6) is 0 Å². The predicted molar refractivity (Wildman–Crippen MR) is 128 cm³/mol. The second kappa shape index (κ2) is 6.73. The number of hydrogen-bond donors (Lipinski definition) is 1. The molecule has 0 fully saturated rings. The van der Waals surface area contributed by atoms with Gasteiger partial charge in [0.05, 0.1) is 0 Å². The Kier molecular flexibility index (Phi) is 4.09. The smallest absolute Gasteiger partial charge is 0.0459 e. The van der Waals surface area contributed by atoms with Crippen LogP contribution < -0.4 is 4.90 Å². The summed E-state index contributed by atoms with van der Waals surface area (Å²) in [5.41, 5.74) is 11.2. The number of aryl methyl sites for hydroxylation is 1. The summed E-state index contributed by atoms with van der Waals surface area (Å²) in [5, 5.41) is 3.65. The molecule has 152 valence electrons. The van der Waals surface area contributed by atoms with E-state index in [0.29, 0.717) is 5.92 Å². The fourth-order valence-electron chi connectivity index (χ4n) is 5.35. The zero-order chi connectivity index (χ0) is 20.4. The second-order valence-corrected chi connectivity index (χ2v) is 9.95.